The summed E-state index contributed by atoms with van der Waals surface area (Å²) in [6.45, 7) is 0.518. The van der Waals surface area contributed by atoms with Crippen LogP contribution in [0.3, 0.4) is 0 Å². The van der Waals surface area contributed by atoms with Crippen molar-refractivity contribution in [2.45, 2.75) is 13.0 Å². The van der Waals surface area contributed by atoms with Crippen molar-refractivity contribution in [3.05, 3.63) is 56.2 Å². The van der Waals surface area contributed by atoms with Gasteiger partial charge in [-0.15, -0.1) is 11.3 Å². The van der Waals surface area contributed by atoms with E-state index in [1.807, 2.05) is 11.4 Å². The van der Waals surface area contributed by atoms with E-state index in [2.05, 4.69) is 15.9 Å². The highest BCUT2D eigenvalue weighted by Crippen LogP contribution is 2.21. The minimum atomic E-state index is -1.01. The standard InChI is InChI=1S/C15H14BrNO3S/c1-17(8-12-7-11(16)9-21-12)14(18)6-10-4-2-3-5-13(10)15(19)20/h2-5,7,9H,6,8H2,1H3,(H,19,20). The largest absolute Gasteiger partial charge is 0.478 e. The van der Waals surface area contributed by atoms with Crippen LogP contribution >= 0.6 is 27.3 Å². The lowest BCUT2D eigenvalue weighted by atomic mass is 10.0. The van der Waals surface area contributed by atoms with Gasteiger partial charge in [-0.1, -0.05) is 18.2 Å². The van der Waals surface area contributed by atoms with E-state index in [9.17, 15) is 9.59 Å². The van der Waals surface area contributed by atoms with Gasteiger partial charge in [-0.05, 0) is 33.6 Å². The number of carbonyl (C=O) groups excluding carboxylic acids is 1. The summed E-state index contributed by atoms with van der Waals surface area (Å²) in [6.07, 6.45) is 0.0888. The predicted molar refractivity (Wildman–Crippen MR) is 85.6 cm³/mol. The summed E-state index contributed by atoms with van der Waals surface area (Å²) < 4.78 is 1.000. The molecule has 0 fully saturated rings. The number of nitrogens with zero attached hydrogens (tertiary/aromatic N) is 1. The molecule has 0 radical (unpaired) electrons. The topological polar surface area (TPSA) is 57.6 Å². The summed E-state index contributed by atoms with van der Waals surface area (Å²) in [7, 11) is 1.72. The van der Waals surface area contributed by atoms with Crippen LogP contribution in [0.15, 0.2) is 40.2 Å². The molecule has 0 spiro atoms. The molecule has 1 N–H and O–H groups in total. The molecule has 4 nitrogen and oxygen atoms in total. The number of carboxylic acids is 1. The van der Waals surface area contributed by atoms with Crippen LogP contribution in [0.25, 0.3) is 0 Å². The molecule has 0 unspecified atom stereocenters. The first-order valence-electron chi connectivity index (χ1n) is 6.25. The number of amides is 1. The first-order valence-corrected chi connectivity index (χ1v) is 7.92. The van der Waals surface area contributed by atoms with Gasteiger partial charge in [0.2, 0.25) is 5.91 Å². The predicted octanol–water partition coefficient (Wildman–Crippen LogP) is 3.41. The Morgan fingerprint density at radius 2 is 2.05 bits per heavy atom. The molecule has 0 atom stereocenters. The Kier molecular flexibility index (Phi) is 5.14. The maximum absolute atomic E-state index is 12.2. The Balaban J connectivity index is 2.05. The SMILES string of the molecule is CN(Cc1cc(Br)cs1)C(=O)Cc1ccccc1C(=O)O. The van der Waals surface area contributed by atoms with Crippen molar-refractivity contribution < 1.29 is 14.7 Å². The van der Waals surface area contributed by atoms with Gasteiger partial charge < -0.3 is 10.0 Å². The fourth-order valence-corrected chi connectivity index (χ4v) is 3.44. The van der Waals surface area contributed by atoms with Gasteiger partial charge in [0.15, 0.2) is 0 Å². The van der Waals surface area contributed by atoms with E-state index in [0.717, 1.165) is 9.35 Å². The lowest BCUT2D eigenvalue weighted by molar-refractivity contribution is -0.129. The van der Waals surface area contributed by atoms with E-state index in [1.165, 1.54) is 6.07 Å². The first kappa shape index (κ1) is 15.7. The molecule has 110 valence electrons. The Bertz CT molecular complexity index is 668. The van der Waals surface area contributed by atoms with E-state index >= 15 is 0 Å². The second-order valence-corrected chi connectivity index (χ2v) is 6.53. The monoisotopic (exact) mass is 367 g/mol. The van der Waals surface area contributed by atoms with Gasteiger partial charge in [0.05, 0.1) is 18.5 Å². The molecule has 6 heteroatoms. The number of likely N-dealkylation sites (N-methyl/N-ethyl adjacent to an activating group) is 1. The van der Waals surface area contributed by atoms with Crippen LogP contribution in [0, 0.1) is 0 Å². The molecule has 21 heavy (non-hydrogen) atoms. The van der Waals surface area contributed by atoms with Crippen LogP contribution in [0.5, 0.6) is 0 Å². The molecule has 0 saturated heterocycles. The van der Waals surface area contributed by atoms with Crippen molar-refractivity contribution in [1.82, 2.24) is 4.90 Å². The molecule has 2 rings (SSSR count). The molecule has 2 aromatic rings. The third-order valence-corrected chi connectivity index (χ3v) is 4.71. The maximum atomic E-state index is 12.2. The molecule has 0 aliphatic heterocycles. The third kappa shape index (κ3) is 4.15. The number of hydrogen-bond donors (Lipinski definition) is 1. The Morgan fingerprint density at radius 3 is 2.67 bits per heavy atom. The molecule has 0 aliphatic carbocycles. The van der Waals surface area contributed by atoms with Crippen LogP contribution in [-0.2, 0) is 17.8 Å². The number of aromatic carboxylic acids is 1. The molecule has 0 aliphatic rings. The minimum Gasteiger partial charge on any atom is -0.478 e. The Labute approximate surface area is 135 Å². The van der Waals surface area contributed by atoms with Crippen LogP contribution in [0.4, 0.5) is 0 Å². The zero-order valence-electron chi connectivity index (χ0n) is 11.4. The van der Waals surface area contributed by atoms with Gasteiger partial charge >= 0.3 is 5.97 Å². The van der Waals surface area contributed by atoms with E-state index < -0.39 is 5.97 Å². The van der Waals surface area contributed by atoms with Crippen molar-refractivity contribution >= 4 is 39.1 Å². The van der Waals surface area contributed by atoms with Crippen molar-refractivity contribution in [1.29, 1.82) is 0 Å². The molecular formula is C15H14BrNO3S. The van der Waals surface area contributed by atoms with Crippen molar-refractivity contribution in [3.63, 3.8) is 0 Å². The molecule has 0 saturated carbocycles. The highest BCUT2D eigenvalue weighted by molar-refractivity contribution is 9.10. The Morgan fingerprint density at radius 1 is 1.33 bits per heavy atom. The highest BCUT2D eigenvalue weighted by atomic mass is 79.9. The van der Waals surface area contributed by atoms with Crippen LogP contribution in [0.2, 0.25) is 0 Å². The lowest BCUT2D eigenvalue weighted by Gasteiger charge is -2.16. The number of halogens is 1. The second kappa shape index (κ2) is 6.87. The van der Waals surface area contributed by atoms with E-state index in [-0.39, 0.29) is 17.9 Å². The fourth-order valence-electron chi connectivity index (χ4n) is 1.94. The zero-order valence-corrected chi connectivity index (χ0v) is 13.8. The number of thiophene rings is 1. The van der Waals surface area contributed by atoms with Gasteiger partial charge in [-0.2, -0.15) is 0 Å². The first-order chi connectivity index (χ1) is 9.97. The van der Waals surface area contributed by atoms with Crippen LogP contribution in [-0.4, -0.2) is 28.9 Å². The van der Waals surface area contributed by atoms with E-state index in [1.54, 1.807) is 41.5 Å². The van der Waals surface area contributed by atoms with Crippen molar-refractivity contribution in [2.75, 3.05) is 7.05 Å². The molecule has 1 amide bonds. The quantitative estimate of drug-likeness (QED) is 0.880. The van der Waals surface area contributed by atoms with Gasteiger partial charge in [-0.3, -0.25) is 4.79 Å². The summed E-state index contributed by atoms with van der Waals surface area (Å²) in [5, 5.41) is 11.1. The normalized spacial score (nSPS) is 10.4. The van der Waals surface area contributed by atoms with Gasteiger partial charge in [0, 0.05) is 21.8 Å². The summed E-state index contributed by atoms with van der Waals surface area (Å²) >= 11 is 4.95. The molecule has 1 aromatic heterocycles. The minimum absolute atomic E-state index is 0.0888. The van der Waals surface area contributed by atoms with E-state index in [4.69, 9.17) is 5.11 Å². The van der Waals surface area contributed by atoms with Gasteiger partial charge in [0.1, 0.15) is 0 Å². The van der Waals surface area contributed by atoms with Crippen LogP contribution in [0.1, 0.15) is 20.8 Å². The van der Waals surface area contributed by atoms with Gasteiger partial charge in [-0.25, -0.2) is 4.79 Å². The molecular weight excluding hydrogens is 354 g/mol. The number of rotatable bonds is 5. The Hall–Kier alpha value is -1.66. The third-order valence-electron chi connectivity index (χ3n) is 3.03. The lowest BCUT2D eigenvalue weighted by Crippen LogP contribution is -2.28. The zero-order chi connectivity index (χ0) is 15.4. The number of carboxylic acid groups (broad SMARTS) is 1. The number of carbonyl (C=O) groups is 2. The number of hydrogen-bond acceptors (Lipinski definition) is 3. The smallest absolute Gasteiger partial charge is 0.335 e. The number of benzene rings is 1. The summed E-state index contributed by atoms with van der Waals surface area (Å²) in [5.41, 5.74) is 0.715. The molecule has 0 bridgehead atoms. The average molecular weight is 368 g/mol. The van der Waals surface area contributed by atoms with Gasteiger partial charge in [0.25, 0.3) is 0 Å². The van der Waals surface area contributed by atoms with Crippen molar-refractivity contribution in [3.8, 4) is 0 Å². The average Bonchev–Trinajstić information content (AvgIpc) is 2.84. The van der Waals surface area contributed by atoms with Crippen molar-refractivity contribution in [2.24, 2.45) is 0 Å². The fraction of sp³-hybridized carbons (Fsp3) is 0.200. The molecule has 1 aromatic carbocycles. The maximum Gasteiger partial charge on any atom is 0.335 e. The second-order valence-electron chi connectivity index (χ2n) is 4.62. The van der Waals surface area contributed by atoms with Crippen LogP contribution < -0.4 is 0 Å². The highest BCUT2D eigenvalue weighted by Gasteiger charge is 2.15. The summed E-state index contributed by atoms with van der Waals surface area (Å²) in [4.78, 5) is 26.0. The summed E-state index contributed by atoms with van der Waals surface area (Å²) in [6, 6.07) is 8.56. The summed E-state index contributed by atoms with van der Waals surface area (Å²) in [5.74, 6) is -1.11. The van der Waals surface area contributed by atoms with E-state index in [0.29, 0.717) is 12.1 Å². The molecule has 1 heterocycles.